The van der Waals surface area contributed by atoms with Crippen molar-refractivity contribution >= 4 is 17.7 Å². The van der Waals surface area contributed by atoms with E-state index in [9.17, 15) is 4.79 Å². The molecule has 1 unspecified atom stereocenters. The van der Waals surface area contributed by atoms with Crippen molar-refractivity contribution in [3.05, 3.63) is 0 Å². The van der Waals surface area contributed by atoms with Crippen molar-refractivity contribution < 1.29 is 4.79 Å². The van der Waals surface area contributed by atoms with E-state index in [2.05, 4.69) is 5.32 Å². The number of thioether (sulfide) groups is 1. The summed E-state index contributed by atoms with van der Waals surface area (Å²) in [5.74, 6) is 3.18. The molecule has 2 rings (SSSR count). The van der Waals surface area contributed by atoms with Crippen LogP contribution in [-0.2, 0) is 4.79 Å². The summed E-state index contributed by atoms with van der Waals surface area (Å²) < 4.78 is 0. The lowest BCUT2D eigenvalue weighted by Gasteiger charge is -2.36. The van der Waals surface area contributed by atoms with Crippen LogP contribution in [0.25, 0.3) is 0 Å². The molecular weight excluding hydrogens is 196 g/mol. The van der Waals surface area contributed by atoms with Crippen molar-refractivity contribution in [1.29, 1.82) is 0 Å². The van der Waals surface area contributed by atoms with E-state index in [1.807, 2.05) is 11.8 Å². The third-order valence-corrected chi connectivity index (χ3v) is 4.50. The van der Waals surface area contributed by atoms with Gasteiger partial charge in [0.25, 0.3) is 0 Å². The quantitative estimate of drug-likeness (QED) is 0.728. The third kappa shape index (κ3) is 2.06. The van der Waals surface area contributed by atoms with Gasteiger partial charge in [-0.1, -0.05) is 0 Å². The Balaban J connectivity index is 1.71. The molecule has 0 spiro atoms. The summed E-state index contributed by atoms with van der Waals surface area (Å²) >= 11 is 1.98. The second-order valence-corrected chi connectivity index (χ2v) is 5.60. The first-order valence-corrected chi connectivity index (χ1v) is 6.51. The maximum atomic E-state index is 11.7. The molecule has 2 aliphatic rings. The Morgan fingerprint density at radius 2 is 2.36 bits per heavy atom. The van der Waals surface area contributed by atoms with Gasteiger partial charge < -0.3 is 11.1 Å². The van der Waals surface area contributed by atoms with E-state index >= 15 is 0 Å². The fourth-order valence-electron chi connectivity index (χ4n) is 1.94. The Labute approximate surface area is 89.2 Å². The van der Waals surface area contributed by atoms with E-state index in [4.69, 9.17) is 5.73 Å². The Morgan fingerprint density at radius 1 is 1.57 bits per heavy atom. The van der Waals surface area contributed by atoms with E-state index in [0.29, 0.717) is 5.92 Å². The Hall–Kier alpha value is -0.220. The lowest BCUT2D eigenvalue weighted by Crippen LogP contribution is -2.59. The molecule has 1 atom stereocenters. The summed E-state index contributed by atoms with van der Waals surface area (Å²) in [4.78, 5) is 11.7. The van der Waals surface area contributed by atoms with Crippen LogP contribution in [0, 0.1) is 5.92 Å². The largest absolute Gasteiger partial charge is 0.354 e. The molecule has 0 aromatic heterocycles. The summed E-state index contributed by atoms with van der Waals surface area (Å²) in [7, 11) is 0. The molecule has 1 aliphatic heterocycles. The Bertz CT molecular complexity index is 222. The smallest absolute Gasteiger partial charge is 0.240 e. The molecule has 3 nitrogen and oxygen atoms in total. The maximum absolute atomic E-state index is 11.7. The van der Waals surface area contributed by atoms with Crippen molar-refractivity contribution in [2.45, 2.75) is 31.2 Å². The number of nitrogens with one attached hydrogen (secondary N) is 1. The molecule has 1 amide bonds. The van der Waals surface area contributed by atoms with Gasteiger partial charge in [-0.2, -0.15) is 11.8 Å². The Kier molecular flexibility index (Phi) is 3.02. The van der Waals surface area contributed by atoms with E-state index < -0.39 is 5.54 Å². The van der Waals surface area contributed by atoms with Gasteiger partial charge >= 0.3 is 0 Å². The molecule has 0 bridgehead atoms. The van der Waals surface area contributed by atoms with Gasteiger partial charge in [0.2, 0.25) is 5.91 Å². The van der Waals surface area contributed by atoms with Crippen LogP contribution < -0.4 is 11.1 Å². The predicted molar refractivity (Wildman–Crippen MR) is 59.2 cm³/mol. The van der Waals surface area contributed by atoms with Crippen LogP contribution in [0.3, 0.4) is 0 Å². The summed E-state index contributed by atoms with van der Waals surface area (Å²) in [6.07, 6.45) is 4.06. The number of hydrogen-bond donors (Lipinski definition) is 2. The molecule has 2 fully saturated rings. The van der Waals surface area contributed by atoms with Crippen molar-refractivity contribution in [2.24, 2.45) is 11.7 Å². The highest BCUT2D eigenvalue weighted by Crippen LogP contribution is 2.29. The van der Waals surface area contributed by atoms with Crippen LogP contribution in [0.2, 0.25) is 0 Å². The van der Waals surface area contributed by atoms with Gasteiger partial charge in [-0.15, -0.1) is 0 Å². The molecule has 0 radical (unpaired) electrons. The fourth-order valence-corrected chi connectivity index (χ4v) is 3.23. The van der Waals surface area contributed by atoms with Crippen LogP contribution in [0.5, 0.6) is 0 Å². The minimum absolute atomic E-state index is 0.0700. The zero-order valence-electron chi connectivity index (χ0n) is 8.42. The average Bonchev–Trinajstić information content (AvgIpc) is 2.62. The maximum Gasteiger partial charge on any atom is 0.240 e. The van der Waals surface area contributed by atoms with Gasteiger partial charge in [0.1, 0.15) is 0 Å². The second kappa shape index (κ2) is 4.11. The molecule has 0 aromatic carbocycles. The summed E-state index contributed by atoms with van der Waals surface area (Å²) in [6, 6.07) is 0. The molecule has 14 heavy (non-hydrogen) atoms. The highest BCUT2D eigenvalue weighted by Gasteiger charge is 2.40. The molecule has 1 saturated heterocycles. The minimum Gasteiger partial charge on any atom is -0.354 e. The van der Waals surface area contributed by atoms with Crippen LogP contribution in [0.4, 0.5) is 0 Å². The number of nitrogens with two attached hydrogens (primary N) is 1. The molecule has 0 aromatic rings. The van der Waals surface area contributed by atoms with Crippen LogP contribution in [-0.4, -0.2) is 29.5 Å². The Morgan fingerprint density at radius 3 is 2.86 bits per heavy atom. The van der Waals surface area contributed by atoms with E-state index in [1.165, 1.54) is 17.9 Å². The average molecular weight is 214 g/mol. The topological polar surface area (TPSA) is 55.1 Å². The first-order valence-electron chi connectivity index (χ1n) is 5.36. The third-order valence-electron chi connectivity index (χ3n) is 3.27. The fraction of sp³-hybridized carbons (Fsp3) is 0.900. The van der Waals surface area contributed by atoms with Crippen molar-refractivity contribution in [3.8, 4) is 0 Å². The van der Waals surface area contributed by atoms with Gasteiger partial charge in [0, 0.05) is 6.54 Å². The van der Waals surface area contributed by atoms with Gasteiger partial charge in [0.15, 0.2) is 0 Å². The number of rotatable bonds is 3. The van der Waals surface area contributed by atoms with Gasteiger partial charge in [-0.05, 0) is 43.1 Å². The van der Waals surface area contributed by atoms with E-state index in [1.54, 1.807) is 0 Å². The second-order valence-electron chi connectivity index (χ2n) is 4.45. The van der Waals surface area contributed by atoms with Gasteiger partial charge in [0.05, 0.1) is 5.54 Å². The van der Waals surface area contributed by atoms with Crippen LogP contribution >= 0.6 is 11.8 Å². The van der Waals surface area contributed by atoms with Crippen molar-refractivity contribution in [3.63, 3.8) is 0 Å². The normalized spacial score (nSPS) is 29.6. The minimum atomic E-state index is -0.522. The van der Waals surface area contributed by atoms with Gasteiger partial charge in [-0.3, -0.25) is 4.79 Å². The molecule has 4 heteroatoms. The molecule has 1 heterocycles. The van der Waals surface area contributed by atoms with Gasteiger partial charge in [-0.25, -0.2) is 0 Å². The summed E-state index contributed by atoms with van der Waals surface area (Å²) in [5, 5.41) is 2.99. The molecule has 3 N–H and O–H groups in total. The number of carbonyl (C=O) groups is 1. The summed E-state index contributed by atoms with van der Waals surface area (Å²) in [5.41, 5.74) is 5.39. The first kappa shape index (κ1) is 10.3. The summed E-state index contributed by atoms with van der Waals surface area (Å²) in [6.45, 7) is 0.824. The molecule has 1 saturated carbocycles. The molecule has 1 aliphatic carbocycles. The monoisotopic (exact) mass is 214 g/mol. The van der Waals surface area contributed by atoms with Crippen molar-refractivity contribution in [2.75, 3.05) is 18.1 Å². The molecule has 80 valence electrons. The van der Waals surface area contributed by atoms with E-state index in [-0.39, 0.29) is 5.91 Å². The first-order chi connectivity index (χ1) is 6.71. The zero-order chi connectivity index (χ0) is 10.0. The zero-order valence-corrected chi connectivity index (χ0v) is 9.24. The number of hydrogen-bond acceptors (Lipinski definition) is 3. The molecular formula is C10H18N2OS. The SMILES string of the molecule is NC1(C(=O)NCC2CCSC2)CCC1. The lowest BCUT2D eigenvalue weighted by atomic mass is 9.77. The highest BCUT2D eigenvalue weighted by molar-refractivity contribution is 7.99. The standard InChI is InChI=1S/C10H18N2OS/c11-10(3-1-4-10)9(13)12-6-8-2-5-14-7-8/h8H,1-7,11H2,(H,12,13). The number of carbonyl (C=O) groups excluding carboxylic acids is 1. The van der Waals surface area contributed by atoms with Crippen LogP contribution in [0.1, 0.15) is 25.7 Å². The highest BCUT2D eigenvalue weighted by atomic mass is 32.2. The van der Waals surface area contributed by atoms with Crippen LogP contribution in [0.15, 0.2) is 0 Å². The number of amides is 1. The van der Waals surface area contributed by atoms with Crippen molar-refractivity contribution in [1.82, 2.24) is 5.32 Å². The predicted octanol–water partition coefficient (Wildman–Crippen LogP) is 0.737. The lowest BCUT2D eigenvalue weighted by molar-refractivity contribution is -0.129. The van der Waals surface area contributed by atoms with E-state index in [0.717, 1.165) is 25.8 Å².